The molecule has 5 heteroatoms. The summed E-state index contributed by atoms with van der Waals surface area (Å²) < 4.78 is 10.1. The molecule has 0 aromatic carbocycles. The van der Waals surface area contributed by atoms with Gasteiger partial charge in [-0.15, -0.1) is 0 Å². The van der Waals surface area contributed by atoms with Crippen LogP contribution in [0.3, 0.4) is 0 Å². The molecule has 0 spiro atoms. The number of carbonyl (C=O) groups is 1. The summed E-state index contributed by atoms with van der Waals surface area (Å²) in [7, 11) is 3.20. The van der Waals surface area contributed by atoms with Crippen LogP contribution in [0.4, 0.5) is 0 Å². The van der Waals surface area contributed by atoms with E-state index in [4.69, 9.17) is 15.2 Å². The number of rotatable bonds is 8. The van der Waals surface area contributed by atoms with Crippen LogP contribution < -0.4 is 11.1 Å². The van der Waals surface area contributed by atoms with Crippen molar-refractivity contribution in [2.24, 2.45) is 17.6 Å². The number of hydrogen-bond acceptors (Lipinski definition) is 4. The first-order valence-corrected chi connectivity index (χ1v) is 5.56. The minimum atomic E-state index is -0.139. The van der Waals surface area contributed by atoms with Gasteiger partial charge in [-0.25, -0.2) is 0 Å². The second-order valence-corrected chi connectivity index (χ2v) is 4.14. The molecule has 0 aliphatic carbocycles. The fourth-order valence-electron chi connectivity index (χ4n) is 1.42. The van der Waals surface area contributed by atoms with Crippen LogP contribution in [-0.4, -0.2) is 45.9 Å². The van der Waals surface area contributed by atoms with Crippen molar-refractivity contribution in [1.29, 1.82) is 0 Å². The zero-order valence-electron chi connectivity index (χ0n) is 10.7. The van der Waals surface area contributed by atoms with Crippen LogP contribution in [-0.2, 0) is 14.3 Å². The smallest absolute Gasteiger partial charge is 0.224 e. The molecule has 2 atom stereocenters. The summed E-state index contributed by atoms with van der Waals surface area (Å²) in [5.74, 6) is 0.0872. The van der Waals surface area contributed by atoms with Crippen molar-refractivity contribution in [1.82, 2.24) is 5.32 Å². The molecular formula is C11H24N2O3. The van der Waals surface area contributed by atoms with E-state index in [1.165, 1.54) is 0 Å². The number of hydrogen-bond donors (Lipinski definition) is 2. The van der Waals surface area contributed by atoms with Gasteiger partial charge in [0.05, 0.1) is 18.6 Å². The topological polar surface area (TPSA) is 73.6 Å². The monoisotopic (exact) mass is 232 g/mol. The van der Waals surface area contributed by atoms with E-state index in [-0.39, 0.29) is 23.8 Å². The number of nitrogens with one attached hydrogen (secondary N) is 1. The standard InChI is InChI=1S/C11H24N2O3/c1-8(2)10(5-12)11(14)13-6-9(16-4)7-15-3/h8-10H,5-7,12H2,1-4H3,(H,13,14). The summed E-state index contributed by atoms with van der Waals surface area (Å²) in [6.45, 7) is 5.25. The average Bonchev–Trinajstić information content (AvgIpc) is 2.24. The normalized spacial score (nSPS) is 14.9. The Morgan fingerprint density at radius 3 is 2.38 bits per heavy atom. The first-order valence-electron chi connectivity index (χ1n) is 5.56. The molecule has 1 amide bonds. The quantitative estimate of drug-likeness (QED) is 0.617. The largest absolute Gasteiger partial charge is 0.382 e. The van der Waals surface area contributed by atoms with Gasteiger partial charge in [0.2, 0.25) is 5.91 Å². The van der Waals surface area contributed by atoms with Crippen molar-refractivity contribution in [3.05, 3.63) is 0 Å². The molecule has 0 heterocycles. The third kappa shape index (κ3) is 5.44. The molecule has 0 bridgehead atoms. The molecule has 5 nitrogen and oxygen atoms in total. The third-order valence-electron chi connectivity index (χ3n) is 2.59. The van der Waals surface area contributed by atoms with Crippen LogP contribution in [0.1, 0.15) is 13.8 Å². The third-order valence-corrected chi connectivity index (χ3v) is 2.59. The molecule has 96 valence electrons. The summed E-state index contributed by atoms with van der Waals surface area (Å²) in [5.41, 5.74) is 5.56. The Labute approximate surface area is 97.7 Å². The second-order valence-electron chi connectivity index (χ2n) is 4.14. The molecule has 3 N–H and O–H groups in total. The molecule has 0 rings (SSSR count). The van der Waals surface area contributed by atoms with E-state index < -0.39 is 0 Å². The zero-order chi connectivity index (χ0) is 12.6. The van der Waals surface area contributed by atoms with Crippen LogP contribution in [0.2, 0.25) is 0 Å². The maximum Gasteiger partial charge on any atom is 0.224 e. The molecule has 0 saturated heterocycles. The van der Waals surface area contributed by atoms with E-state index in [0.717, 1.165) is 0 Å². The Kier molecular flexibility index (Phi) is 8.15. The number of carbonyl (C=O) groups excluding carboxylic acids is 1. The highest BCUT2D eigenvalue weighted by molar-refractivity contribution is 5.79. The van der Waals surface area contributed by atoms with Gasteiger partial charge >= 0.3 is 0 Å². The summed E-state index contributed by atoms with van der Waals surface area (Å²) in [4.78, 5) is 11.8. The van der Waals surface area contributed by atoms with Gasteiger partial charge in [-0.3, -0.25) is 4.79 Å². The lowest BCUT2D eigenvalue weighted by Gasteiger charge is -2.20. The maximum absolute atomic E-state index is 11.8. The highest BCUT2D eigenvalue weighted by Crippen LogP contribution is 2.08. The Morgan fingerprint density at radius 1 is 1.38 bits per heavy atom. The van der Waals surface area contributed by atoms with Crippen molar-refractivity contribution < 1.29 is 14.3 Å². The van der Waals surface area contributed by atoms with Gasteiger partial charge in [0, 0.05) is 27.3 Å². The van der Waals surface area contributed by atoms with Crippen LogP contribution in [0, 0.1) is 11.8 Å². The highest BCUT2D eigenvalue weighted by atomic mass is 16.5. The van der Waals surface area contributed by atoms with E-state index in [1.54, 1.807) is 14.2 Å². The lowest BCUT2D eigenvalue weighted by atomic mass is 9.95. The van der Waals surface area contributed by atoms with E-state index in [1.807, 2.05) is 13.8 Å². The molecule has 16 heavy (non-hydrogen) atoms. The van der Waals surface area contributed by atoms with E-state index >= 15 is 0 Å². The summed E-state index contributed by atoms with van der Waals surface area (Å²) in [5, 5.41) is 2.83. The van der Waals surface area contributed by atoms with Crippen molar-refractivity contribution in [3.63, 3.8) is 0 Å². The molecule has 0 fully saturated rings. The van der Waals surface area contributed by atoms with E-state index in [2.05, 4.69) is 5.32 Å². The lowest BCUT2D eigenvalue weighted by molar-refractivity contribution is -0.126. The molecule has 0 aromatic heterocycles. The average molecular weight is 232 g/mol. The number of nitrogens with two attached hydrogens (primary N) is 1. The molecule has 0 aliphatic rings. The van der Waals surface area contributed by atoms with Crippen LogP contribution in [0.25, 0.3) is 0 Å². The van der Waals surface area contributed by atoms with Crippen molar-refractivity contribution in [2.75, 3.05) is 33.9 Å². The number of ether oxygens (including phenoxy) is 2. The Morgan fingerprint density at radius 2 is 2.00 bits per heavy atom. The van der Waals surface area contributed by atoms with Crippen LogP contribution in [0.5, 0.6) is 0 Å². The molecule has 0 saturated carbocycles. The second kappa shape index (κ2) is 8.50. The predicted octanol–water partition coefficient (Wildman–Crippen LogP) is -0.00510. The fraction of sp³-hybridized carbons (Fsp3) is 0.909. The van der Waals surface area contributed by atoms with E-state index in [9.17, 15) is 4.79 Å². The molecule has 0 aliphatic heterocycles. The molecule has 2 unspecified atom stereocenters. The lowest BCUT2D eigenvalue weighted by Crippen LogP contribution is -2.42. The summed E-state index contributed by atoms with van der Waals surface area (Å²) in [6.07, 6.45) is -0.112. The van der Waals surface area contributed by atoms with Crippen LogP contribution >= 0.6 is 0 Å². The Bertz CT molecular complexity index is 198. The Balaban J connectivity index is 4.03. The van der Waals surface area contributed by atoms with Gasteiger partial charge in [0.1, 0.15) is 0 Å². The number of methoxy groups -OCH3 is 2. The van der Waals surface area contributed by atoms with Crippen molar-refractivity contribution in [3.8, 4) is 0 Å². The summed E-state index contributed by atoms with van der Waals surface area (Å²) in [6, 6.07) is 0. The van der Waals surface area contributed by atoms with E-state index in [0.29, 0.717) is 19.7 Å². The van der Waals surface area contributed by atoms with Gasteiger partial charge in [-0.2, -0.15) is 0 Å². The van der Waals surface area contributed by atoms with Crippen molar-refractivity contribution >= 4 is 5.91 Å². The van der Waals surface area contributed by atoms with Gasteiger partial charge < -0.3 is 20.5 Å². The van der Waals surface area contributed by atoms with Gasteiger partial charge in [0.15, 0.2) is 0 Å². The van der Waals surface area contributed by atoms with Crippen molar-refractivity contribution in [2.45, 2.75) is 20.0 Å². The minimum Gasteiger partial charge on any atom is -0.382 e. The molecule has 0 radical (unpaired) electrons. The molecular weight excluding hydrogens is 208 g/mol. The first kappa shape index (κ1) is 15.3. The number of amides is 1. The first-order chi connectivity index (χ1) is 7.56. The summed E-state index contributed by atoms with van der Waals surface area (Å²) >= 11 is 0. The minimum absolute atomic E-state index is 0.0179. The zero-order valence-corrected chi connectivity index (χ0v) is 10.7. The maximum atomic E-state index is 11.8. The SMILES string of the molecule is COCC(CNC(=O)C(CN)C(C)C)OC. The van der Waals surface area contributed by atoms with Gasteiger partial charge in [-0.05, 0) is 5.92 Å². The van der Waals surface area contributed by atoms with Crippen LogP contribution in [0.15, 0.2) is 0 Å². The predicted molar refractivity (Wildman–Crippen MR) is 63.1 cm³/mol. The highest BCUT2D eigenvalue weighted by Gasteiger charge is 2.21. The van der Waals surface area contributed by atoms with Gasteiger partial charge in [0.25, 0.3) is 0 Å². The Hall–Kier alpha value is -0.650. The fourth-order valence-corrected chi connectivity index (χ4v) is 1.42. The molecule has 0 aromatic rings. The van der Waals surface area contributed by atoms with Gasteiger partial charge in [-0.1, -0.05) is 13.8 Å².